The van der Waals surface area contributed by atoms with E-state index in [-0.39, 0.29) is 5.69 Å². The van der Waals surface area contributed by atoms with Gasteiger partial charge in [-0.25, -0.2) is 0 Å². The van der Waals surface area contributed by atoms with Crippen molar-refractivity contribution in [1.29, 1.82) is 0 Å². The zero-order valence-electron chi connectivity index (χ0n) is 6.36. The molecule has 1 rings (SSSR count). The summed E-state index contributed by atoms with van der Waals surface area (Å²) in [6, 6.07) is 4.23. The SMILES string of the molecule is O=CNc1ccc([N+](=O)[O-])cc1I. The molecule has 1 aromatic carbocycles. The second-order valence-electron chi connectivity index (χ2n) is 2.18. The van der Waals surface area contributed by atoms with Crippen molar-refractivity contribution in [3.8, 4) is 0 Å². The van der Waals surface area contributed by atoms with E-state index in [4.69, 9.17) is 0 Å². The van der Waals surface area contributed by atoms with E-state index in [9.17, 15) is 14.9 Å². The van der Waals surface area contributed by atoms with Crippen LogP contribution in [0.4, 0.5) is 11.4 Å². The molecule has 1 amide bonds. The molecule has 5 nitrogen and oxygen atoms in total. The zero-order valence-corrected chi connectivity index (χ0v) is 8.52. The van der Waals surface area contributed by atoms with Gasteiger partial charge in [-0.2, -0.15) is 0 Å². The average molecular weight is 292 g/mol. The van der Waals surface area contributed by atoms with Crippen molar-refractivity contribution in [3.05, 3.63) is 31.9 Å². The second-order valence-corrected chi connectivity index (χ2v) is 3.35. The Morgan fingerprint density at radius 3 is 2.69 bits per heavy atom. The predicted molar refractivity (Wildman–Crippen MR) is 55.5 cm³/mol. The Hall–Kier alpha value is -1.18. The van der Waals surface area contributed by atoms with E-state index in [1.54, 1.807) is 0 Å². The van der Waals surface area contributed by atoms with Crippen LogP contribution in [-0.2, 0) is 4.79 Å². The van der Waals surface area contributed by atoms with E-state index in [2.05, 4.69) is 5.32 Å². The van der Waals surface area contributed by atoms with E-state index in [1.165, 1.54) is 18.2 Å². The standard InChI is InChI=1S/C7H5IN2O3/c8-6-3-5(10(12)13)1-2-7(6)9-4-11/h1-4H,(H,9,11). The summed E-state index contributed by atoms with van der Waals surface area (Å²) in [4.78, 5) is 20.0. The molecule has 0 spiro atoms. The molecule has 0 aromatic heterocycles. The number of nitrogens with zero attached hydrogens (tertiary/aromatic N) is 1. The molecule has 0 aliphatic carbocycles. The molecular weight excluding hydrogens is 287 g/mol. The Bertz CT molecular complexity index is 354. The topological polar surface area (TPSA) is 72.2 Å². The van der Waals surface area contributed by atoms with Crippen LogP contribution in [0.3, 0.4) is 0 Å². The zero-order chi connectivity index (χ0) is 9.84. The molecule has 0 bridgehead atoms. The number of non-ortho nitro benzene ring substituents is 1. The van der Waals surface area contributed by atoms with Crippen LogP contribution in [0.1, 0.15) is 0 Å². The molecule has 1 N–H and O–H groups in total. The lowest BCUT2D eigenvalue weighted by molar-refractivity contribution is -0.384. The fourth-order valence-electron chi connectivity index (χ4n) is 0.798. The summed E-state index contributed by atoms with van der Waals surface area (Å²) in [6.07, 6.45) is 0.531. The monoisotopic (exact) mass is 292 g/mol. The quantitative estimate of drug-likeness (QED) is 0.399. The van der Waals surface area contributed by atoms with Gasteiger partial charge in [-0.3, -0.25) is 14.9 Å². The molecular formula is C7H5IN2O3. The highest BCUT2D eigenvalue weighted by Crippen LogP contribution is 2.22. The van der Waals surface area contributed by atoms with Crippen LogP contribution in [0.2, 0.25) is 0 Å². The van der Waals surface area contributed by atoms with E-state index < -0.39 is 4.92 Å². The number of rotatable bonds is 3. The Labute approximate surface area is 87.4 Å². The van der Waals surface area contributed by atoms with Gasteiger partial charge in [0.1, 0.15) is 0 Å². The van der Waals surface area contributed by atoms with Gasteiger partial charge in [-0.15, -0.1) is 0 Å². The third kappa shape index (κ3) is 2.38. The fraction of sp³-hybridized carbons (Fsp3) is 0. The second kappa shape index (κ2) is 4.17. The van der Waals surface area contributed by atoms with Crippen LogP contribution in [0.5, 0.6) is 0 Å². The molecule has 68 valence electrons. The number of benzene rings is 1. The third-order valence-corrected chi connectivity index (χ3v) is 2.27. The number of hydrogen-bond donors (Lipinski definition) is 1. The summed E-state index contributed by atoms with van der Waals surface area (Å²) >= 11 is 1.92. The third-order valence-electron chi connectivity index (χ3n) is 1.38. The van der Waals surface area contributed by atoms with Crippen LogP contribution < -0.4 is 5.32 Å². The number of nitrogens with one attached hydrogen (secondary N) is 1. The minimum Gasteiger partial charge on any atom is -0.328 e. The van der Waals surface area contributed by atoms with E-state index >= 15 is 0 Å². The van der Waals surface area contributed by atoms with Crippen LogP contribution in [0.25, 0.3) is 0 Å². The lowest BCUT2D eigenvalue weighted by atomic mass is 10.3. The highest BCUT2D eigenvalue weighted by atomic mass is 127. The number of nitro groups is 1. The van der Waals surface area contributed by atoms with Gasteiger partial charge in [0.15, 0.2) is 0 Å². The first kappa shape index (κ1) is 9.90. The maximum atomic E-state index is 10.3. The summed E-state index contributed by atoms with van der Waals surface area (Å²) in [5, 5.41) is 12.8. The van der Waals surface area contributed by atoms with Crippen LogP contribution in [0, 0.1) is 13.7 Å². The Balaban J connectivity index is 3.04. The Morgan fingerprint density at radius 1 is 1.54 bits per heavy atom. The van der Waals surface area contributed by atoms with Crippen molar-refractivity contribution in [2.75, 3.05) is 5.32 Å². The molecule has 0 aliphatic rings. The maximum Gasteiger partial charge on any atom is 0.270 e. The van der Waals surface area contributed by atoms with E-state index in [1.807, 2.05) is 22.6 Å². The van der Waals surface area contributed by atoms with Crippen molar-refractivity contribution < 1.29 is 9.72 Å². The number of anilines is 1. The van der Waals surface area contributed by atoms with Crippen LogP contribution in [-0.4, -0.2) is 11.3 Å². The first-order valence-corrected chi connectivity index (χ1v) is 4.37. The minimum absolute atomic E-state index is 0.0147. The summed E-state index contributed by atoms with van der Waals surface area (Å²) in [7, 11) is 0. The Kier molecular flexibility index (Phi) is 3.18. The molecule has 0 unspecified atom stereocenters. The van der Waals surface area contributed by atoms with Gasteiger partial charge >= 0.3 is 0 Å². The number of carbonyl (C=O) groups excluding carboxylic acids is 1. The predicted octanol–water partition coefficient (Wildman–Crippen LogP) is 1.77. The van der Waals surface area contributed by atoms with Gasteiger partial charge in [-0.1, -0.05) is 0 Å². The molecule has 0 atom stereocenters. The summed E-state index contributed by atoms with van der Waals surface area (Å²) in [5.74, 6) is 0. The summed E-state index contributed by atoms with van der Waals surface area (Å²) < 4.78 is 0.638. The molecule has 6 heteroatoms. The van der Waals surface area contributed by atoms with Gasteiger partial charge in [0.05, 0.1) is 10.6 Å². The first-order valence-electron chi connectivity index (χ1n) is 3.29. The highest BCUT2D eigenvalue weighted by molar-refractivity contribution is 14.1. The van der Waals surface area contributed by atoms with Gasteiger partial charge < -0.3 is 5.32 Å². The summed E-state index contributed by atoms with van der Waals surface area (Å²) in [6.45, 7) is 0. The van der Waals surface area contributed by atoms with Crippen molar-refractivity contribution in [2.24, 2.45) is 0 Å². The smallest absolute Gasteiger partial charge is 0.270 e. The number of halogens is 1. The number of amides is 1. The minimum atomic E-state index is -0.479. The van der Waals surface area contributed by atoms with Gasteiger partial charge in [-0.05, 0) is 28.7 Å². The van der Waals surface area contributed by atoms with Crippen molar-refractivity contribution in [3.63, 3.8) is 0 Å². The largest absolute Gasteiger partial charge is 0.328 e. The van der Waals surface area contributed by atoms with Crippen LogP contribution >= 0.6 is 22.6 Å². The average Bonchev–Trinajstić information content (AvgIpc) is 2.08. The molecule has 0 heterocycles. The number of nitro benzene ring substituents is 1. The van der Waals surface area contributed by atoms with Crippen molar-refractivity contribution in [2.45, 2.75) is 0 Å². The number of carbonyl (C=O) groups is 1. The normalized spacial score (nSPS) is 9.31. The molecule has 0 fully saturated rings. The molecule has 0 radical (unpaired) electrons. The van der Waals surface area contributed by atoms with E-state index in [0.29, 0.717) is 15.7 Å². The van der Waals surface area contributed by atoms with Gasteiger partial charge in [0.25, 0.3) is 5.69 Å². The van der Waals surface area contributed by atoms with E-state index in [0.717, 1.165) is 0 Å². The van der Waals surface area contributed by atoms with Crippen molar-refractivity contribution >= 4 is 40.4 Å². The van der Waals surface area contributed by atoms with Gasteiger partial charge in [0, 0.05) is 15.7 Å². The molecule has 1 aromatic rings. The highest BCUT2D eigenvalue weighted by Gasteiger charge is 2.07. The molecule has 13 heavy (non-hydrogen) atoms. The molecule has 0 saturated carbocycles. The number of hydrogen-bond acceptors (Lipinski definition) is 3. The molecule has 0 saturated heterocycles. The Morgan fingerprint density at radius 2 is 2.23 bits per heavy atom. The maximum absolute atomic E-state index is 10.3. The van der Waals surface area contributed by atoms with Crippen molar-refractivity contribution in [1.82, 2.24) is 0 Å². The lowest BCUT2D eigenvalue weighted by Gasteiger charge is -2.00. The lowest BCUT2D eigenvalue weighted by Crippen LogP contribution is -1.97. The van der Waals surface area contributed by atoms with Crippen LogP contribution in [0.15, 0.2) is 18.2 Å². The fourth-order valence-corrected chi connectivity index (χ4v) is 1.45. The van der Waals surface area contributed by atoms with Gasteiger partial charge in [0.2, 0.25) is 6.41 Å². The molecule has 0 aliphatic heterocycles. The summed E-state index contributed by atoms with van der Waals surface area (Å²) in [5.41, 5.74) is 0.585. The first-order chi connectivity index (χ1) is 6.15.